The van der Waals surface area contributed by atoms with Gasteiger partial charge in [0.1, 0.15) is 11.6 Å². The van der Waals surface area contributed by atoms with E-state index in [0.29, 0.717) is 23.7 Å². The lowest BCUT2D eigenvalue weighted by Gasteiger charge is -2.31. The maximum Gasteiger partial charge on any atom is 0.141 e. The Morgan fingerprint density at radius 1 is 1.22 bits per heavy atom. The Kier molecular flexibility index (Phi) is 4.85. The average Bonchev–Trinajstić information content (AvgIpc) is 3.12. The minimum Gasteiger partial charge on any atom is -0.506 e. The van der Waals surface area contributed by atoms with Crippen molar-refractivity contribution in [3.05, 3.63) is 52.6 Å². The van der Waals surface area contributed by atoms with Crippen molar-refractivity contribution in [2.75, 3.05) is 13.1 Å². The first-order chi connectivity index (χ1) is 13.1. The van der Waals surface area contributed by atoms with Crippen LogP contribution < -0.4 is 0 Å². The number of pyridine rings is 1. The quantitative estimate of drug-likeness (QED) is 0.660. The number of imidazole rings is 1. The molecule has 4 rings (SSSR count). The molecule has 6 heteroatoms. The molecule has 0 atom stereocenters. The smallest absolute Gasteiger partial charge is 0.141 e. The normalized spacial score (nSPS) is 16.3. The number of aromatic hydroxyl groups is 1. The van der Waals surface area contributed by atoms with Gasteiger partial charge in [0.05, 0.1) is 23.3 Å². The van der Waals surface area contributed by atoms with Gasteiger partial charge >= 0.3 is 0 Å². The molecule has 142 valence electrons. The third kappa shape index (κ3) is 3.42. The molecular weight excluding hydrogens is 340 g/mol. The van der Waals surface area contributed by atoms with E-state index in [-0.39, 0.29) is 12.4 Å². The molecule has 1 aliphatic heterocycles. The van der Waals surface area contributed by atoms with Crippen LogP contribution in [0, 0.1) is 13.8 Å². The Morgan fingerprint density at radius 2 is 2.00 bits per heavy atom. The Balaban J connectivity index is 1.46. The second-order valence-electron chi connectivity index (χ2n) is 7.50. The summed E-state index contributed by atoms with van der Waals surface area (Å²) in [6, 6.07) is 6.24. The van der Waals surface area contributed by atoms with E-state index in [1.54, 1.807) is 13.1 Å². The van der Waals surface area contributed by atoms with Crippen molar-refractivity contribution in [1.29, 1.82) is 0 Å². The van der Waals surface area contributed by atoms with Crippen molar-refractivity contribution in [3.8, 4) is 5.75 Å². The molecule has 3 heterocycles. The summed E-state index contributed by atoms with van der Waals surface area (Å²) in [4.78, 5) is 14.8. The number of hydrogen-bond donors (Lipinski definition) is 3. The summed E-state index contributed by atoms with van der Waals surface area (Å²) in [6.45, 7) is 6.29. The van der Waals surface area contributed by atoms with Crippen LogP contribution in [0.4, 0.5) is 0 Å². The highest BCUT2D eigenvalue weighted by Crippen LogP contribution is 2.31. The maximum atomic E-state index is 10.4. The molecule has 2 aromatic heterocycles. The molecular formula is C21H26N4O2. The van der Waals surface area contributed by atoms with Crippen molar-refractivity contribution in [2.45, 2.75) is 45.8 Å². The predicted octanol–water partition coefficient (Wildman–Crippen LogP) is 3.15. The molecule has 0 saturated carbocycles. The molecule has 0 aliphatic carbocycles. The summed E-state index contributed by atoms with van der Waals surface area (Å²) in [5, 5.41) is 19.9. The number of fused-ring (bicyclic) bond motifs is 1. The molecule has 6 nitrogen and oxygen atoms in total. The van der Waals surface area contributed by atoms with Crippen LogP contribution in [0.2, 0.25) is 0 Å². The minimum absolute atomic E-state index is 0.106. The summed E-state index contributed by atoms with van der Waals surface area (Å²) in [6.07, 6.45) is 3.71. The SMILES string of the molecule is Cc1ncc(CO)c(CN2CCC(c3nc4c(C)cccc4[nH]3)CC2)c1O. The topological polar surface area (TPSA) is 85.3 Å². The number of nitrogens with zero attached hydrogens (tertiary/aromatic N) is 3. The van der Waals surface area contributed by atoms with Crippen LogP contribution in [-0.2, 0) is 13.2 Å². The fourth-order valence-corrected chi connectivity index (χ4v) is 3.97. The van der Waals surface area contributed by atoms with Crippen molar-refractivity contribution in [1.82, 2.24) is 19.9 Å². The lowest BCUT2D eigenvalue weighted by atomic mass is 9.95. The molecule has 1 aliphatic rings. The molecule has 1 saturated heterocycles. The average molecular weight is 366 g/mol. The van der Waals surface area contributed by atoms with Gasteiger partial charge in [0.25, 0.3) is 0 Å². The van der Waals surface area contributed by atoms with Crippen molar-refractivity contribution < 1.29 is 10.2 Å². The first-order valence-electron chi connectivity index (χ1n) is 9.51. The molecule has 27 heavy (non-hydrogen) atoms. The monoisotopic (exact) mass is 366 g/mol. The number of nitrogens with one attached hydrogen (secondary N) is 1. The number of aryl methyl sites for hydroxylation is 2. The molecule has 1 fully saturated rings. The summed E-state index contributed by atoms with van der Waals surface area (Å²) in [7, 11) is 0. The van der Waals surface area contributed by atoms with Crippen molar-refractivity contribution >= 4 is 11.0 Å². The van der Waals surface area contributed by atoms with Crippen LogP contribution in [0.25, 0.3) is 11.0 Å². The zero-order valence-corrected chi connectivity index (χ0v) is 15.9. The standard InChI is InChI=1S/C21H26N4O2/c1-13-4-3-5-18-19(13)24-21(23-18)15-6-8-25(9-7-15)11-17-16(12-26)10-22-14(2)20(17)27/h3-5,10,15,26-27H,6-9,11-12H2,1-2H3,(H,23,24). The van der Waals surface area contributed by atoms with E-state index in [1.807, 2.05) is 0 Å². The lowest BCUT2D eigenvalue weighted by molar-refractivity contribution is 0.197. The maximum absolute atomic E-state index is 10.4. The Labute approximate surface area is 158 Å². The number of piperidine rings is 1. The Hall–Kier alpha value is -2.44. The number of aliphatic hydroxyl groups is 1. The highest BCUT2D eigenvalue weighted by atomic mass is 16.3. The van der Waals surface area contributed by atoms with Gasteiger partial charge in [-0.1, -0.05) is 12.1 Å². The van der Waals surface area contributed by atoms with Crippen LogP contribution in [0.15, 0.2) is 24.4 Å². The second kappa shape index (κ2) is 7.29. The van der Waals surface area contributed by atoms with Gasteiger partial charge in [-0.15, -0.1) is 0 Å². The van der Waals surface area contributed by atoms with E-state index in [4.69, 9.17) is 4.98 Å². The summed E-state index contributed by atoms with van der Waals surface area (Å²) >= 11 is 0. The molecule has 0 radical (unpaired) electrons. The summed E-state index contributed by atoms with van der Waals surface area (Å²) in [5.74, 6) is 1.71. The van der Waals surface area contributed by atoms with Gasteiger partial charge in [-0.25, -0.2) is 4.98 Å². The van der Waals surface area contributed by atoms with E-state index in [2.05, 4.69) is 40.0 Å². The van der Waals surface area contributed by atoms with Gasteiger partial charge in [-0.3, -0.25) is 9.88 Å². The number of para-hydroxylation sites is 1. The fourth-order valence-electron chi connectivity index (χ4n) is 3.97. The van der Waals surface area contributed by atoms with Gasteiger partial charge < -0.3 is 15.2 Å². The molecule has 0 unspecified atom stereocenters. The van der Waals surface area contributed by atoms with Crippen LogP contribution in [0.5, 0.6) is 5.75 Å². The van der Waals surface area contributed by atoms with Crippen molar-refractivity contribution in [3.63, 3.8) is 0 Å². The summed E-state index contributed by atoms with van der Waals surface area (Å²) in [5.41, 5.74) is 5.48. The van der Waals surface area contributed by atoms with E-state index in [9.17, 15) is 10.2 Å². The Morgan fingerprint density at radius 3 is 2.70 bits per heavy atom. The molecule has 0 bridgehead atoms. The number of aliphatic hydroxyl groups excluding tert-OH is 1. The number of benzene rings is 1. The van der Waals surface area contributed by atoms with Gasteiger partial charge in [0.15, 0.2) is 0 Å². The van der Waals surface area contributed by atoms with Crippen LogP contribution >= 0.6 is 0 Å². The zero-order chi connectivity index (χ0) is 19.0. The van der Waals surface area contributed by atoms with Gasteiger partial charge in [0.2, 0.25) is 0 Å². The fraction of sp³-hybridized carbons (Fsp3) is 0.429. The third-order valence-corrected chi connectivity index (χ3v) is 5.69. The number of hydrogen-bond acceptors (Lipinski definition) is 5. The molecule has 3 N–H and O–H groups in total. The van der Waals surface area contributed by atoms with Crippen molar-refractivity contribution in [2.24, 2.45) is 0 Å². The Bertz CT molecular complexity index is 958. The second-order valence-corrected chi connectivity index (χ2v) is 7.50. The zero-order valence-electron chi connectivity index (χ0n) is 15.9. The third-order valence-electron chi connectivity index (χ3n) is 5.69. The molecule has 0 spiro atoms. The van der Waals surface area contributed by atoms with Gasteiger partial charge in [0, 0.05) is 29.8 Å². The van der Waals surface area contributed by atoms with E-state index < -0.39 is 0 Å². The molecule has 0 amide bonds. The van der Waals surface area contributed by atoms with E-state index in [0.717, 1.165) is 48.4 Å². The summed E-state index contributed by atoms with van der Waals surface area (Å²) < 4.78 is 0. The van der Waals surface area contributed by atoms with Crippen LogP contribution in [0.1, 0.15) is 47.0 Å². The first kappa shape index (κ1) is 17.9. The van der Waals surface area contributed by atoms with E-state index >= 15 is 0 Å². The predicted molar refractivity (Wildman–Crippen MR) is 105 cm³/mol. The lowest BCUT2D eigenvalue weighted by Crippen LogP contribution is -2.33. The molecule has 3 aromatic rings. The number of aromatic nitrogens is 3. The van der Waals surface area contributed by atoms with E-state index in [1.165, 1.54) is 5.56 Å². The number of aromatic amines is 1. The number of rotatable bonds is 4. The highest BCUT2D eigenvalue weighted by Gasteiger charge is 2.25. The van der Waals surface area contributed by atoms with Crippen LogP contribution in [0.3, 0.4) is 0 Å². The van der Waals surface area contributed by atoms with Gasteiger partial charge in [-0.05, 0) is 51.4 Å². The van der Waals surface area contributed by atoms with Gasteiger partial charge in [-0.2, -0.15) is 0 Å². The largest absolute Gasteiger partial charge is 0.506 e. The number of likely N-dealkylation sites (tertiary alicyclic amines) is 1. The number of H-pyrrole nitrogens is 1. The minimum atomic E-state index is -0.106. The highest BCUT2D eigenvalue weighted by molar-refractivity contribution is 5.78. The molecule has 1 aromatic carbocycles. The first-order valence-corrected chi connectivity index (χ1v) is 9.51. The van der Waals surface area contributed by atoms with Crippen LogP contribution in [-0.4, -0.2) is 43.2 Å².